The number of nitrogens with zero attached hydrogens (tertiary/aromatic N) is 2. The van der Waals surface area contributed by atoms with Crippen LogP contribution in [-0.2, 0) is 11.3 Å². The fraction of sp³-hybridized carbons (Fsp3) is 0.429. The third kappa shape index (κ3) is 3.87. The SMILES string of the molecule is CC(=O)N1CCN(C(=O)NCc2cccc(Cl)c2)CC1. The van der Waals surface area contributed by atoms with E-state index in [-0.39, 0.29) is 11.9 Å². The number of hydrogen-bond donors (Lipinski definition) is 1. The Bertz CT molecular complexity index is 499. The molecule has 1 fully saturated rings. The van der Waals surface area contributed by atoms with E-state index in [1.165, 1.54) is 0 Å². The van der Waals surface area contributed by atoms with Gasteiger partial charge in [0.15, 0.2) is 0 Å². The lowest BCUT2D eigenvalue weighted by Gasteiger charge is -2.34. The lowest BCUT2D eigenvalue weighted by Crippen LogP contribution is -2.52. The summed E-state index contributed by atoms with van der Waals surface area (Å²) >= 11 is 5.89. The van der Waals surface area contributed by atoms with Gasteiger partial charge in [-0.2, -0.15) is 0 Å². The second-order valence-corrected chi connectivity index (χ2v) is 5.22. The lowest BCUT2D eigenvalue weighted by atomic mass is 10.2. The van der Waals surface area contributed by atoms with Crippen LogP contribution < -0.4 is 5.32 Å². The van der Waals surface area contributed by atoms with E-state index in [1.54, 1.807) is 22.8 Å². The Labute approximate surface area is 123 Å². The first kappa shape index (κ1) is 14.7. The molecule has 1 aromatic rings. The summed E-state index contributed by atoms with van der Waals surface area (Å²) in [5, 5.41) is 3.52. The molecule has 0 unspecified atom stereocenters. The summed E-state index contributed by atoms with van der Waals surface area (Å²) in [6, 6.07) is 7.30. The van der Waals surface area contributed by atoms with Crippen LogP contribution in [-0.4, -0.2) is 47.9 Å². The predicted octanol–water partition coefficient (Wildman–Crippen LogP) is 1.71. The summed E-state index contributed by atoms with van der Waals surface area (Å²) in [7, 11) is 0. The summed E-state index contributed by atoms with van der Waals surface area (Å²) in [4.78, 5) is 26.7. The zero-order valence-electron chi connectivity index (χ0n) is 11.4. The number of urea groups is 1. The maximum atomic E-state index is 12.0. The Hall–Kier alpha value is -1.75. The van der Waals surface area contributed by atoms with Gasteiger partial charge < -0.3 is 15.1 Å². The van der Waals surface area contributed by atoms with Crippen LogP contribution in [0, 0.1) is 0 Å². The van der Waals surface area contributed by atoms with Crippen LogP contribution in [0.1, 0.15) is 12.5 Å². The molecule has 2 rings (SSSR count). The Balaban J connectivity index is 1.80. The molecule has 20 heavy (non-hydrogen) atoms. The first-order chi connectivity index (χ1) is 9.56. The third-order valence-electron chi connectivity index (χ3n) is 3.34. The molecule has 0 aliphatic carbocycles. The average Bonchev–Trinajstić information content (AvgIpc) is 2.45. The number of carbonyl (C=O) groups is 2. The number of rotatable bonds is 2. The molecular weight excluding hydrogens is 278 g/mol. The van der Waals surface area contributed by atoms with Gasteiger partial charge in [-0.15, -0.1) is 0 Å². The van der Waals surface area contributed by atoms with Crippen LogP contribution in [0.15, 0.2) is 24.3 Å². The van der Waals surface area contributed by atoms with Crippen molar-refractivity contribution in [2.75, 3.05) is 26.2 Å². The van der Waals surface area contributed by atoms with E-state index in [4.69, 9.17) is 11.6 Å². The standard InChI is InChI=1S/C14H18ClN3O2/c1-11(19)17-5-7-18(8-6-17)14(20)16-10-12-3-2-4-13(15)9-12/h2-4,9H,5-8,10H2,1H3,(H,16,20). The minimum Gasteiger partial charge on any atom is -0.339 e. The van der Waals surface area contributed by atoms with Gasteiger partial charge in [0.1, 0.15) is 0 Å². The zero-order valence-corrected chi connectivity index (χ0v) is 12.2. The van der Waals surface area contributed by atoms with Crippen molar-refractivity contribution in [3.05, 3.63) is 34.9 Å². The van der Waals surface area contributed by atoms with Gasteiger partial charge in [-0.05, 0) is 17.7 Å². The number of halogens is 1. The zero-order chi connectivity index (χ0) is 14.5. The Kier molecular flexibility index (Phi) is 4.84. The smallest absolute Gasteiger partial charge is 0.317 e. The van der Waals surface area contributed by atoms with E-state index >= 15 is 0 Å². The molecule has 1 aliphatic rings. The molecule has 1 heterocycles. The van der Waals surface area contributed by atoms with Crippen LogP contribution in [0.3, 0.4) is 0 Å². The van der Waals surface area contributed by atoms with Crippen LogP contribution in [0.4, 0.5) is 4.79 Å². The third-order valence-corrected chi connectivity index (χ3v) is 3.58. The van der Waals surface area contributed by atoms with Crippen molar-refractivity contribution in [2.45, 2.75) is 13.5 Å². The maximum Gasteiger partial charge on any atom is 0.317 e. The molecule has 0 bridgehead atoms. The van der Waals surface area contributed by atoms with Crippen molar-refractivity contribution in [1.82, 2.24) is 15.1 Å². The van der Waals surface area contributed by atoms with Crippen LogP contribution in [0.2, 0.25) is 5.02 Å². The Morgan fingerprint density at radius 1 is 1.20 bits per heavy atom. The fourth-order valence-electron chi connectivity index (χ4n) is 2.16. The molecule has 3 amide bonds. The molecule has 108 valence electrons. The van der Waals surface area contributed by atoms with Gasteiger partial charge in [-0.1, -0.05) is 23.7 Å². The number of nitrogens with one attached hydrogen (secondary N) is 1. The quantitative estimate of drug-likeness (QED) is 0.903. The Morgan fingerprint density at radius 3 is 2.45 bits per heavy atom. The summed E-state index contributed by atoms with van der Waals surface area (Å²) in [6.45, 7) is 4.34. The molecule has 0 atom stereocenters. The largest absolute Gasteiger partial charge is 0.339 e. The van der Waals surface area contributed by atoms with Gasteiger partial charge in [0, 0.05) is 44.7 Å². The van der Waals surface area contributed by atoms with E-state index in [0.717, 1.165) is 5.56 Å². The van der Waals surface area contributed by atoms with Gasteiger partial charge in [0.05, 0.1) is 0 Å². The highest BCUT2D eigenvalue weighted by atomic mass is 35.5. The predicted molar refractivity (Wildman–Crippen MR) is 77.5 cm³/mol. The number of amides is 3. The molecular formula is C14H18ClN3O2. The van der Waals surface area contributed by atoms with E-state index in [0.29, 0.717) is 37.7 Å². The minimum atomic E-state index is -0.104. The van der Waals surface area contributed by atoms with Crippen LogP contribution in [0.25, 0.3) is 0 Å². The lowest BCUT2D eigenvalue weighted by molar-refractivity contribution is -0.130. The van der Waals surface area contributed by atoms with E-state index in [1.807, 2.05) is 18.2 Å². The van der Waals surface area contributed by atoms with Gasteiger partial charge >= 0.3 is 6.03 Å². The second kappa shape index (κ2) is 6.61. The van der Waals surface area contributed by atoms with E-state index in [2.05, 4.69) is 5.32 Å². The molecule has 1 N–H and O–H groups in total. The Morgan fingerprint density at radius 2 is 1.85 bits per heavy atom. The van der Waals surface area contributed by atoms with Crippen molar-refractivity contribution in [1.29, 1.82) is 0 Å². The molecule has 0 saturated carbocycles. The summed E-state index contributed by atoms with van der Waals surface area (Å²) in [5.74, 6) is 0.0592. The normalized spacial score (nSPS) is 15.1. The molecule has 1 saturated heterocycles. The molecule has 5 nitrogen and oxygen atoms in total. The van der Waals surface area contributed by atoms with Crippen LogP contribution >= 0.6 is 11.6 Å². The molecule has 0 aromatic heterocycles. The van der Waals surface area contributed by atoms with E-state index in [9.17, 15) is 9.59 Å². The van der Waals surface area contributed by atoms with Crippen molar-refractivity contribution in [2.24, 2.45) is 0 Å². The van der Waals surface area contributed by atoms with Crippen molar-refractivity contribution >= 4 is 23.5 Å². The highest BCUT2D eigenvalue weighted by Gasteiger charge is 2.21. The van der Waals surface area contributed by atoms with Crippen LogP contribution in [0.5, 0.6) is 0 Å². The van der Waals surface area contributed by atoms with Gasteiger partial charge in [-0.3, -0.25) is 4.79 Å². The molecule has 0 spiro atoms. The van der Waals surface area contributed by atoms with Crippen molar-refractivity contribution in [3.8, 4) is 0 Å². The van der Waals surface area contributed by atoms with Crippen molar-refractivity contribution < 1.29 is 9.59 Å². The first-order valence-electron chi connectivity index (χ1n) is 6.59. The number of benzene rings is 1. The van der Waals surface area contributed by atoms with Gasteiger partial charge in [0.2, 0.25) is 5.91 Å². The maximum absolute atomic E-state index is 12.0. The highest BCUT2D eigenvalue weighted by Crippen LogP contribution is 2.10. The first-order valence-corrected chi connectivity index (χ1v) is 6.97. The summed E-state index contributed by atoms with van der Waals surface area (Å²) in [5.41, 5.74) is 0.966. The molecule has 6 heteroatoms. The molecule has 1 aliphatic heterocycles. The topological polar surface area (TPSA) is 52.7 Å². The monoisotopic (exact) mass is 295 g/mol. The number of hydrogen-bond acceptors (Lipinski definition) is 2. The molecule has 0 radical (unpaired) electrons. The number of carbonyl (C=O) groups excluding carboxylic acids is 2. The average molecular weight is 296 g/mol. The van der Waals surface area contributed by atoms with Gasteiger partial charge in [-0.25, -0.2) is 4.79 Å². The minimum absolute atomic E-state index is 0.0592. The highest BCUT2D eigenvalue weighted by molar-refractivity contribution is 6.30. The molecule has 1 aromatic carbocycles. The van der Waals surface area contributed by atoms with Gasteiger partial charge in [0.25, 0.3) is 0 Å². The summed E-state index contributed by atoms with van der Waals surface area (Å²) < 4.78 is 0. The number of piperazine rings is 1. The van der Waals surface area contributed by atoms with E-state index < -0.39 is 0 Å². The fourth-order valence-corrected chi connectivity index (χ4v) is 2.37. The summed E-state index contributed by atoms with van der Waals surface area (Å²) in [6.07, 6.45) is 0. The second-order valence-electron chi connectivity index (χ2n) is 4.78. The van der Waals surface area contributed by atoms with Crippen molar-refractivity contribution in [3.63, 3.8) is 0 Å².